The highest BCUT2D eigenvalue weighted by Gasteiger charge is 2.29. The zero-order chi connectivity index (χ0) is 21.5. The Labute approximate surface area is 181 Å². The topological polar surface area (TPSA) is 77.4 Å². The summed E-state index contributed by atoms with van der Waals surface area (Å²) < 4.78 is 26.7. The van der Waals surface area contributed by atoms with Crippen molar-refractivity contribution in [3.05, 3.63) is 52.1 Å². The maximum atomic E-state index is 14.8. The van der Waals surface area contributed by atoms with Crippen molar-refractivity contribution in [3.63, 3.8) is 0 Å². The van der Waals surface area contributed by atoms with Gasteiger partial charge in [-0.05, 0) is 48.8 Å². The molecule has 3 heterocycles. The smallest absolute Gasteiger partial charge is 0.416 e. The molecule has 0 N–H and O–H groups in total. The van der Waals surface area contributed by atoms with Gasteiger partial charge in [-0.3, -0.25) is 4.90 Å². The number of aromatic nitrogens is 3. The molecular weight excluding hydrogens is 455 g/mol. The van der Waals surface area contributed by atoms with Crippen molar-refractivity contribution in [1.82, 2.24) is 15.2 Å². The summed E-state index contributed by atoms with van der Waals surface area (Å²) in [5, 5.41) is 9.15. The number of hydrogen-bond donors (Lipinski definition) is 0. The van der Waals surface area contributed by atoms with E-state index in [4.69, 9.17) is 9.47 Å². The Morgan fingerprint density at radius 2 is 1.97 bits per heavy atom. The van der Waals surface area contributed by atoms with Gasteiger partial charge < -0.3 is 9.47 Å². The molecule has 9 heteroatoms. The van der Waals surface area contributed by atoms with Gasteiger partial charge >= 0.3 is 6.09 Å². The van der Waals surface area contributed by atoms with Gasteiger partial charge in [-0.2, -0.15) is 10.2 Å². The van der Waals surface area contributed by atoms with E-state index in [0.717, 1.165) is 10.9 Å². The molecule has 0 aliphatic carbocycles. The fourth-order valence-corrected chi connectivity index (χ4v) is 3.77. The number of carbonyl (C=O) groups is 1. The van der Waals surface area contributed by atoms with Gasteiger partial charge in [-0.15, -0.1) is 0 Å². The summed E-state index contributed by atoms with van der Waals surface area (Å²) in [6, 6.07) is 2.97. The molecule has 156 valence electrons. The monoisotopic (exact) mass is 474 g/mol. The van der Waals surface area contributed by atoms with E-state index in [1.807, 2.05) is 0 Å². The number of ether oxygens (including phenoxy) is 2. The van der Waals surface area contributed by atoms with Crippen molar-refractivity contribution in [1.29, 1.82) is 0 Å². The fraction of sp³-hybridized carbons (Fsp3) is 0.333. The SMILES string of the molecule is CC(C)(C)OC(=O)N(Cc1c(F)ccc2c1CCO2)c1ncc(Br)c2cnncc12. The van der Waals surface area contributed by atoms with E-state index in [1.165, 1.54) is 17.2 Å². The summed E-state index contributed by atoms with van der Waals surface area (Å²) in [4.78, 5) is 18.9. The highest BCUT2D eigenvalue weighted by Crippen LogP contribution is 2.34. The predicted octanol–water partition coefficient (Wildman–Crippen LogP) is 4.80. The van der Waals surface area contributed by atoms with Gasteiger partial charge in [0.2, 0.25) is 0 Å². The average Bonchev–Trinajstić information content (AvgIpc) is 3.16. The average molecular weight is 475 g/mol. The van der Waals surface area contributed by atoms with Crippen molar-refractivity contribution < 1.29 is 18.7 Å². The van der Waals surface area contributed by atoms with E-state index in [0.29, 0.717) is 40.0 Å². The van der Waals surface area contributed by atoms with Crippen molar-refractivity contribution in [2.45, 2.75) is 39.3 Å². The van der Waals surface area contributed by atoms with E-state index in [1.54, 1.807) is 39.2 Å². The lowest BCUT2D eigenvalue weighted by Gasteiger charge is -2.28. The summed E-state index contributed by atoms with van der Waals surface area (Å²) in [7, 11) is 0. The lowest BCUT2D eigenvalue weighted by atomic mass is 10.0. The van der Waals surface area contributed by atoms with Gasteiger partial charge in [0.1, 0.15) is 23.0 Å². The Bertz CT molecular complexity index is 1130. The third kappa shape index (κ3) is 3.94. The molecule has 0 unspecified atom stereocenters. The number of anilines is 1. The molecule has 0 atom stereocenters. The van der Waals surface area contributed by atoms with Gasteiger partial charge in [0.25, 0.3) is 0 Å². The lowest BCUT2D eigenvalue weighted by molar-refractivity contribution is 0.0576. The van der Waals surface area contributed by atoms with Gasteiger partial charge in [-0.1, -0.05) is 0 Å². The third-order valence-corrected chi connectivity index (χ3v) is 5.29. The fourth-order valence-electron chi connectivity index (χ4n) is 3.35. The van der Waals surface area contributed by atoms with Crippen LogP contribution in [0, 0.1) is 5.82 Å². The maximum Gasteiger partial charge on any atom is 0.416 e. The standard InChI is InChI=1S/C21H20BrFN4O3/c1-21(2,3)30-20(28)27(11-15-12-6-7-29-18(12)5-4-17(15)23)19-14-9-26-25-8-13(14)16(22)10-24-19/h4-5,8-10H,6-7,11H2,1-3H3. The van der Waals surface area contributed by atoms with Crippen LogP contribution in [0.3, 0.4) is 0 Å². The number of pyridine rings is 1. The van der Waals surface area contributed by atoms with Gasteiger partial charge in [0.15, 0.2) is 0 Å². The second-order valence-electron chi connectivity index (χ2n) is 7.91. The van der Waals surface area contributed by atoms with Crippen LogP contribution in [0.4, 0.5) is 15.0 Å². The number of carbonyl (C=O) groups excluding carboxylic acids is 1. The van der Waals surface area contributed by atoms with Crippen molar-refractivity contribution in [2.24, 2.45) is 0 Å². The minimum atomic E-state index is -0.736. The molecule has 1 aromatic carbocycles. The lowest BCUT2D eigenvalue weighted by Crippen LogP contribution is -2.37. The predicted molar refractivity (Wildman–Crippen MR) is 113 cm³/mol. The van der Waals surface area contributed by atoms with Crippen molar-refractivity contribution >= 4 is 38.6 Å². The highest BCUT2D eigenvalue weighted by atomic mass is 79.9. The molecule has 0 saturated carbocycles. The summed E-state index contributed by atoms with van der Waals surface area (Å²) in [5.74, 6) is 0.539. The highest BCUT2D eigenvalue weighted by molar-refractivity contribution is 9.10. The Balaban J connectivity index is 1.85. The molecule has 1 amide bonds. The minimum absolute atomic E-state index is 0.0562. The Morgan fingerprint density at radius 3 is 2.70 bits per heavy atom. The van der Waals surface area contributed by atoms with Crippen LogP contribution in [0.15, 0.2) is 35.2 Å². The molecule has 30 heavy (non-hydrogen) atoms. The van der Waals surface area contributed by atoms with Crippen molar-refractivity contribution in [3.8, 4) is 5.75 Å². The minimum Gasteiger partial charge on any atom is -0.493 e. The molecular formula is C21H20BrFN4O3. The molecule has 2 aromatic heterocycles. The Kier molecular flexibility index (Phi) is 5.31. The number of nitrogens with zero attached hydrogens (tertiary/aromatic N) is 4. The van der Waals surface area contributed by atoms with Crippen LogP contribution in [0.1, 0.15) is 31.9 Å². The molecule has 7 nitrogen and oxygen atoms in total. The summed E-state index contributed by atoms with van der Waals surface area (Å²) in [5.41, 5.74) is 0.404. The molecule has 1 aliphatic heterocycles. The van der Waals surface area contributed by atoms with E-state index >= 15 is 0 Å². The first kappa shape index (κ1) is 20.5. The molecule has 3 aromatic rings. The second-order valence-corrected chi connectivity index (χ2v) is 8.77. The van der Waals surface area contributed by atoms with Gasteiger partial charge in [0.05, 0.1) is 25.5 Å². The first-order valence-electron chi connectivity index (χ1n) is 9.43. The number of halogens is 2. The van der Waals surface area contributed by atoms with E-state index < -0.39 is 17.5 Å². The number of fused-ring (bicyclic) bond motifs is 2. The molecule has 0 bridgehead atoms. The molecule has 4 rings (SSSR count). The molecule has 1 aliphatic rings. The second kappa shape index (κ2) is 7.79. The Morgan fingerprint density at radius 1 is 1.23 bits per heavy atom. The quantitative estimate of drug-likeness (QED) is 0.542. The summed E-state index contributed by atoms with van der Waals surface area (Å²) in [6.45, 7) is 5.75. The van der Waals surface area contributed by atoms with Crippen LogP contribution >= 0.6 is 15.9 Å². The molecule has 0 saturated heterocycles. The molecule has 0 radical (unpaired) electrons. The van der Waals surface area contributed by atoms with E-state index in [2.05, 4.69) is 31.1 Å². The van der Waals surface area contributed by atoms with Gasteiger partial charge in [0, 0.05) is 39.0 Å². The van der Waals surface area contributed by atoms with Crippen LogP contribution in [-0.2, 0) is 17.7 Å². The largest absolute Gasteiger partial charge is 0.493 e. The van der Waals surface area contributed by atoms with Crippen LogP contribution in [0.25, 0.3) is 10.8 Å². The van der Waals surface area contributed by atoms with Gasteiger partial charge in [-0.25, -0.2) is 14.2 Å². The Hall–Kier alpha value is -2.81. The molecule has 0 fully saturated rings. The zero-order valence-electron chi connectivity index (χ0n) is 16.8. The first-order valence-corrected chi connectivity index (χ1v) is 10.2. The van der Waals surface area contributed by atoms with Crippen LogP contribution < -0.4 is 9.64 Å². The zero-order valence-corrected chi connectivity index (χ0v) is 18.4. The van der Waals surface area contributed by atoms with E-state index in [-0.39, 0.29) is 6.54 Å². The first-order chi connectivity index (χ1) is 14.2. The number of hydrogen-bond acceptors (Lipinski definition) is 6. The van der Waals surface area contributed by atoms with Crippen LogP contribution in [0.2, 0.25) is 0 Å². The number of benzene rings is 1. The van der Waals surface area contributed by atoms with E-state index in [9.17, 15) is 9.18 Å². The number of rotatable bonds is 3. The maximum absolute atomic E-state index is 14.8. The summed E-state index contributed by atoms with van der Waals surface area (Å²) in [6.07, 6.45) is 4.61. The summed E-state index contributed by atoms with van der Waals surface area (Å²) >= 11 is 3.44. The number of amides is 1. The third-order valence-electron chi connectivity index (χ3n) is 4.66. The molecule has 0 spiro atoms. The van der Waals surface area contributed by atoms with Crippen LogP contribution in [0.5, 0.6) is 5.75 Å². The van der Waals surface area contributed by atoms with Crippen molar-refractivity contribution in [2.75, 3.05) is 11.5 Å². The van der Waals surface area contributed by atoms with Crippen LogP contribution in [-0.4, -0.2) is 33.5 Å². The normalized spacial score (nSPS) is 13.1.